The number of hydrogen-bond donors (Lipinski definition) is 2. The van der Waals surface area contributed by atoms with Crippen molar-refractivity contribution in [1.29, 1.82) is 0 Å². The number of hydrogen-bond acceptors (Lipinski definition) is 4. The fourth-order valence-electron chi connectivity index (χ4n) is 2.32. The molecular formula is C18H17BrN4O. The zero-order valence-corrected chi connectivity index (χ0v) is 14.8. The van der Waals surface area contributed by atoms with E-state index in [0.717, 1.165) is 40.1 Å². The van der Waals surface area contributed by atoms with Crippen molar-refractivity contribution in [3.8, 4) is 11.4 Å². The Hall–Kier alpha value is -2.47. The number of nitrogens with one attached hydrogen (secondary N) is 2. The summed E-state index contributed by atoms with van der Waals surface area (Å²) in [7, 11) is 0. The first kappa shape index (κ1) is 16.4. The number of nitrogens with zero attached hydrogens (tertiary/aromatic N) is 2. The molecule has 0 amide bonds. The summed E-state index contributed by atoms with van der Waals surface area (Å²) in [5.41, 5.74) is 2.87. The molecular weight excluding hydrogens is 368 g/mol. The SMILES string of the molecule is Cc1cc(NCCc2ccc(=O)[nH]c2)nc(-c2ccc(Br)cc2)n1. The quantitative estimate of drug-likeness (QED) is 0.705. The Morgan fingerprint density at radius 2 is 1.92 bits per heavy atom. The van der Waals surface area contributed by atoms with E-state index in [4.69, 9.17) is 0 Å². The van der Waals surface area contributed by atoms with Crippen LogP contribution in [0.4, 0.5) is 5.82 Å². The van der Waals surface area contributed by atoms with Crippen LogP contribution in [0.5, 0.6) is 0 Å². The highest BCUT2D eigenvalue weighted by Crippen LogP contribution is 2.20. The van der Waals surface area contributed by atoms with Crippen LogP contribution < -0.4 is 10.9 Å². The second kappa shape index (κ2) is 7.40. The first-order valence-corrected chi connectivity index (χ1v) is 8.42. The summed E-state index contributed by atoms with van der Waals surface area (Å²) in [6.07, 6.45) is 2.54. The van der Waals surface area contributed by atoms with Crippen molar-refractivity contribution in [3.05, 3.63) is 74.7 Å². The van der Waals surface area contributed by atoms with Crippen molar-refractivity contribution >= 4 is 21.7 Å². The van der Waals surface area contributed by atoms with Crippen molar-refractivity contribution in [2.45, 2.75) is 13.3 Å². The molecule has 2 aromatic heterocycles. The van der Waals surface area contributed by atoms with Gasteiger partial charge in [-0.15, -0.1) is 0 Å². The predicted molar refractivity (Wildman–Crippen MR) is 99.2 cm³/mol. The number of aromatic nitrogens is 3. The van der Waals surface area contributed by atoms with Gasteiger partial charge in [-0.2, -0.15) is 0 Å². The standard InChI is InChI=1S/C18H17BrN4O/c1-12-10-16(20-9-8-13-2-7-17(24)21-11-13)23-18(22-12)14-3-5-15(19)6-4-14/h2-7,10-11H,8-9H2,1H3,(H,21,24)(H,20,22,23). The predicted octanol–water partition coefficient (Wildman–Crippen LogP) is 3.56. The zero-order chi connectivity index (χ0) is 16.9. The lowest BCUT2D eigenvalue weighted by Crippen LogP contribution is -2.09. The number of benzene rings is 1. The molecule has 0 saturated carbocycles. The van der Waals surface area contributed by atoms with Crippen LogP contribution in [0.1, 0.15) is 11.3 Å². The van der Waals surface area contributed by atoms with Crippen molar-refractivity contribution in [2.75, 3.05) is 11.9 Å². The van der Waals surface area contributed by atoms with E-state index in [2.05, 4.69) is 36.2 Å². The molecule has 2 heterocycles. The lowest BCUT2D eigenvalue weighted by atomic mass is 10.2. The molecule has 0 unspecified atom stereocenters. The molecule has 1 aromatic carbocycles. The van der Waals surface area contributed by atoms with Crippen LogP contribution in [-0.2, 0) is 6.42 Å². The molecule has 5 nitrogen and oxygen atoms in total. The summed E-state index contributed by atoms with van der Waals surface area (Å²) >= 11 is 3.43. The van der Waals surface area contributed by atoms with Gasteiger partial charge in [-0.3, -0.25) is 4.79 Å². The van der Waals surface area contributed by atoms with Crippen LogP contribution in [0, 0.1) is 6.92 Å². The fraction of sp³-hybridized carbons (Fsp3) is 0.167. The summed E-state index contributed by atoms with van der Waals surface area (Å²) in [5.74, 6) is 1.50. The number of aryl methyl sites for hydroxylation is 1. The first-order chi connectivity index (χ1) is 11.6. The molecule has 122 valence electrons. The van der Waals surface area contributed by atoms with Crippen molar-refractivity contribution in [3.63, 3.8) is 0 Å². The van der Waals surface area contributed by atoms with Gasteiger partial charge in [0.1, 0.15) is 5.82 Å². The van der Waals surface area contributed by atoms with E-state index in [1.807, 2.05) is 43.3 Å². The van der Waals surface area contributed by atoms with Crippen LogP contribution in [0.15, 0.2) is 57.9 Å². The number of pyridine rings is 1. The van der Waals surface area contributed by atoms with Gasteiger partial charge in [0.25, 0.3) is 0 Å². The average Bonchev–Trinajstić information content (AvgIpc) is 2.57. The Morgan fingerprint density at radius 1 is 1.12 bits per heavy atom. The van der Waals surface area contributed by atoms with Gasteiger partial charge in [0.05, 0.1) is 0 Å². The summed E-state index contributed by atoms with van der Waals surface area (Å²) < 4.78 is 1.03. The number of rotatable bonds is 5. The van der Waals surface area contributed by atoms with Crippen LogP contribution in [-0.4, -0.2) is 21.5 Å². The molecule has 3 aromatic rings. The van der Waals surface area contributed by atoms with Gasteiger partial charge in [-0.25, -0.2) is 9.97 Å². The Bertz CT molecular complexity index is 870. The normalized spacial score (nSPS) is 10.6. The third kappa shape index (κ3) is 4.29. The summed E-state index contributed by atoms with van der Waals surface area (Å²) in [5, 5.41) is 3.32. The van der Waals surface area contributed by atoms with E-state index in [9.17, 15) is 4.79 Å². The molecule has 3 rings (SSSR count). The van der Waals surface area contributed by atoms with Crippen LogP contribution in [0.2, 0.25) is 0 Å². The molecule has 0 radical (unpaired) electrons. The minimum Gasteiger partial charge on any atom is -0.370 e. The van der Waals surface area contributed by atoms with Gasteiger partial charge >= 0.3 is 0 Å². The molecule has 0 saturated heterocycles. The van der Waals surface area contributed by atoms with E-state index in [1.165, 1.54) is 6.07 Å². The summed E-state index contributed by atoms with van der Waals surface area (Å²) in [6, 6.07) is 13.2. The van der Waals surface area contributed by atoms with Gasteiger partial charge in [0.2, 0.25) is 5.56 Å². The van der Waals surface area contributed by atoms with Crippen LogP contribution in [0.3, 0.4) is 0 Å². The minimum absolute atomic E-state index is 0.0859. The van der Waals surface area contributed by atoms with Gasteiger partial charge < -0.3 is 10.3 Å². The minimum atomic E-state index is -0.0859. The third-order valence-electron chi connectivity index (χ3n) is 3.53. The smallest absolute Gasteiger partial charge is 0.247 e. The van der Waals surface area contributed by atoms with E-state index in [0.29, 0.717) is 5.82 Å². The molecule has 0 atom stereocenters. The van der Waals surface area contributed by atoms with E-state index in [-0.39, 0.29) is 5.56 Å². The number of anilines is 1. The largest absolute Gasteiger partial charge is 0.370 e. The molecule has 0 bridgehead atoms. The number of H-pyrrole nitrogens is 1. The van der Waals surface area contributed by atoms with Crippen molar-refractivity contribution in [2.24, 2.45) is 0 Å². The van der Waals surface area contributed by atoms with Crippen LogP contribution in [0.25, 0.3) is 11.4 Å². The Balaban J connectivity index is 1.70. The van der Waals surface area contributed by atoms with Crippen molar-refractivity contribution in [1.82, 2.24) is 15.0 Å². The monoisotopic (exact) mass is 384 g/mol. The van der Waals surface area contributed by atoms with Gasteiger partial charge in [0, 0.05) is 40.6 Å². The Labute approximate surface area is 148 Å². The zero-order valence-electron chi connectivity index (χ0n) is 13.2. The van der Waals surface area contributed by atoms with E-state index in [1.54, 1.807) is 6.20 Å². The highest BCUT2D eigenvalue weighted by atomic mass is 79.9. The molecule has 0 aliphatic heterocycles. The molecule has 6 heteroatoms. The molecule has 0 spiro atoms. The molecule has 0 aliphatic rings. The Kier molecular flexibility index (Phi) is 5.05. The Morgan fingerprint density at radius 3 is 2.62 bits per heavy atom. The maximum atomic E-state index is 11.1. The summed E-state index contributed by atoms with van der Waals surface area (Å²) in [4.78, 5) is 22.8. The fourth-order valence-corrected chi connectivity index (χ4v) is 2.58. The highest BCUT2D eigenvalue weighted by molar-refractivity contribution is 9.10. The highest BCUT2D eigenvalue weighted by Gasteiger charge is 2.05. The number of aromatic amines is 1. The van der Waals surface area contributed by atoms with Crippen molar-refractivity contribution < 1.29 is 0 Å². The first-order valence-electron chi connectivity index (χ1n) is 7.63. The summed E-state index contributed by atoms with van der Waals surface area (Å²) in [6.45, 7) is 2.68. The van der Waals surface area contributed by atoms with Gasteiger partial charge in [0.15, 0.2) is 5.82 Å². The van der Waals surface area contributed by atoms with Gasteiger partial charge in [-0.1, -0.05) is 34.1 Å². The third-order valence-corrected chi connectivity index (χ3v) is 4.05. The van der Waals surface area contributed by atoms with E-state index < -0.39 is 0 Å². The lowest BCUT2D eigenvalue weighted by Gasteiger charge is -2.09. The second-order valence-electron chi connectivity index (χ2n) is 5.46. The maximum absolute atomic E-state index is 11.1. The topological polar surface area (TPSA) is 70.7 Å². The lowest BCUT2D eigenvalue weighted by molar-refractivity contribution is 0.980. The average molecular weight is 385 g/mol. The maximum Gasteiger partial charge on any atom is 0.247 e. The van der Waals surface area contributed by atoms with E-state index >= 15 is 0 Å². The molecule has 24 heavy (non-hydrogen) atoms. The second-order valence-corrected chi connectivity index (χ2v) is 6.38. The number of halogens is 1. The van der Waals surface area contributed by atoms with Gasteiger partial charge in [-0.05, 0) is 31.0 Å². The van der Waals surface area contributed by atoms with Crippen LogP contribution >= 0.6 is 15.9 Å². The molecule has 2 N–H and O–H groups in total. The molecule has 0 aliphatic carbocycles. The molecule has 0 fully saturated rings.